The summed E-state index contributed by atoms with van der Waals surface area (Å²) in [6.45, 7) is 14.1. The second-order valence-corrected chi connectivity index (χ2v) is 8.88. The number of anilines is 1. The number of likely N-dealkylation sites (tertiary alicyclic amines) is 1. The summed E-state index contributed by atoms with van der Waals surface area (Å²) in [7, 11) is 0. The van der Waals surface area contributed by atoms with E-state index in [0.717, 1.165) is 28.2 Å². The summed E-state index contributed by atoms with van der Waals surface area (Å²) >= 11 is 0. The van der Waals surface area contributed by atoms with Crippen molar-refractivity contribution in [3.63, 3.8) is 0 Å². The molecule has 32 heavy (non-hydrogen) atoms. The molecule has 1 aliphatic heterocycles. The van der Waals surface area contributed by atoms with Crippen LogP contribution in [0.3, 0.4) is 0 Å². The molecule has 0 aliphatic carbocycles. The van der Waals surface area contributed by atoms with Gasteiger partial charge in [0, 0.05) is 36.1 Å². The van der Waals surface area contributed by atoms with E-state index in [0.29, 0.717) is 13.0 Å². The van der Waals surface area contributed by atoms with Crippen LogP contribution in [-0.4, -0.2) is 35.2 Å². The number of nitrogens with one attached hydrogen (secondary N) is 2. The molecule has 6 heteroatoms. The van der Waals surface area contributed by atoms with Gasteiger partial charge in [-0.3, -0.25) is 4.90 Å². The predicted molar refractivity (Wildman–Crippen MR) is 128 cm³/mol. The summed E-state index contributed by atoms with van der Waals surface area (Å²) in [5.41, 5.74) is 3.86. The maximum absolute atomic E-state index is 12.4. The number of ether oxygens (including phenoxy) is 1. The van der Waals surface area contributed by atoms with Crippen molar-refractivity contribution in [1.82, 2.24) is 10.2 Å². The molecule has 0 spiro atoms. The van der Waals surface area contributed by atoms with Gasteiger partial charge in [0.05, 0.1) is 6.07 Å². The van der Waals surface area contributed by atoms with Crippen LogP contribution in [0.5, 0.6) is 0 Å². The van der Waals surface area contributed by atoms with E-state index in [1.165, 1.54) is 4.90 Å². The largest absolute Gasteiger partial charge is 0.444 e. The van der Waals surface area contributed by atoms with Gasteiger partial charge in [0.25, 0.3) is 0 Å². The first-order valence-corrected chi connectivity index (χ1v) is 10.6. The van der Waals surface area contributed by atoms with Crippen LogP contribution in [-0.2, 0) is 4.74 Å². The number of hydrogen-bond acceptors (Lipinski definition) is 5. The molecule has 166 valence electrons. The van der Waals surface area contributed by atoms with Crippen LogP contribution in [0.1, 0.15) is 38.3 Å². The third kappa shape index (κ3) is 5.92. The normalized spacial score (nSPS) is 17.9. The first kappa shape index (κ1) is 23.0. The zero-order valence-corrected chi connectivity index (χ0v) is 18.9. The van der Waals surface area contributed by atoms with Gasteiger partial charge in [-0.25, -0.2) is 4.79 Å². The lowest BCUT2D eigenvalue weighted by Crippen LogP contribution is -2.40. The van der Waals surface area contributed by atoms with Crippen molar-refractivity contribution in [3.8, 4) is 6.07 Å². The summed E-state index contributed by atoms with van der Waals surface area (Å²) in [6.07, 6.45) is 0.0544. The van der Waals surface area contributed by atoms with Gasteiger partial charge in [-0.1, -0.05) is 55.6 Å². The number of nitriles is 1. The van der Waals surface area contributed by atoms with E-state index in [9.17, 15) is 10.1 Å². The van der Waals surface area contributed by atoms with Gasteiger partial charge in [-0.2, -0.15) is 5.26 Å². The Morgan fingerprint density at radius 2 is 1.69 bits per heavy atom. The molecule has 2 unspecified atom stereocenters. The van der Waals surface area contributed by atoms with Crippen molar-refractivity contribution in [2.24, 2.45) is 0 Å². The monoisotopic (exact) mass is 430 g/mol. The van der Waals surface area contributed by atoms with Crippen LogP contribution in [0.4, 0.5) is 10.5 Å². The van der Waals surface area contributed by atoms with Crippen LogP contribution in [0.2, 0.25) is 0 Å². The fourth-order valence-electron chi connectivity index (χ4n) is 3.56. The molecule has 0 radical (unpaired) electrons. The molecule has 1 amide bonds. The third-order valence-electron chi connectivity index (χ3n) is 5.11. The first-order valence-electron chi connectivity index (χ1n) is 10.6. The smallest absolute Gasteiger partial charge is 0.411 e. The topological polar surface area (TPSA) is 77.4 Å². The van der Waals surface area contributed by atoms with Crippen LogP contribution < -0.4 is 10.6 Å². The molecule has 6 nitrogen and oxygen atoms in total. The van der Waals surface area contributed by atoms with Crippen molar-refractivity contribution in [2.75, 3.05) is 11.9 Å². The fraction of sp³-hybridized carbons (Fsp3) is 0.308. The molecule has 1 heterocycles. The predicted octanol–water partition coefficient (Wildman–Crippen LogP) is 5.23. The van der Waals surface area contributed by atoms with E-state index in [4.69, 9.17) is 4.74 Å². The molecule has 2 N–H and O–H groups in total. The lowest BCUT2D eigenvalue weighted by molar-refractivity contribution is 0.0257. The van der Waals surface area contributed by atoms with E-state index >= 15 is 0 Å². The second-order valence-electron chi connectivity index (χ2n) is 8.88. The number of benzene rings is 2. The van der Waals surface area contributed by atoms with Crippen molar-refractivity contribution in [1.29, 1.82) is 5.26 Å². The average Bonchev–Trinajstić information content (AvgIpc) is 3.16. The number of rotatable bonds is 6. The highest BCUT2D eigenvalue weighted by molar-refractivity contribution is 5.76. The molecule has 2 aromatic rings. The molecule has 0 aromatic heterocycles. The summed E-state index contributed by atoms with van der Waals surface area (Å²) in [4.78, 5) is 13.9. The van der Waals surface area contributed by atoms with Crippen LogP contribution in [0.25, 0.3) is 11.4 Å². The van der Waals surface area contributed by atoms with Gasteiger partial charge in [0.15, 0.2) is 0 Å². The highest BCUT2D eigenvalue weighted by Gasteiger charge is 2.37. The molecule has 2 atom stereocenters. The Balaban J connectivity index is 1.58. The minimum atomic E-state index is -0.603. The van der Waals surface area contributed by atoms with Gasteiger partial charge in [-0.05, 0) is 44.0 Å². The Bertz CT molecular complexity index is 1020. The van der Waals surface area contributed by atoms with Gasteiger partial charge in [0.2, 0.25) is 0 Å². The number of carbonyl (C=O) groups is 1. The zero-order valence-electron chi connectivity index (χ0n) is 18.9. The molecule has 2 aromatic carbocycles. The van der Waals surface area contributed by atoms with E-state index in [1.54, 1.807) is 0 Å². The summed E-state index contributed by atoms with van der Waals surface area (Å²) in [5.74, 6) is 0. The van der Waals surface area contributed by atoms with Crippen molar-refractivity contribution in [2.45, 2.75) is 44.9 Å². The number of carbonyl (C=O) groups excluding carboxylic acids is 1. The van der Waals surface area contributed by atoms with E-state index < -0.39 is 17.7 Å². The minimum Gasteiger partial charge on any atom is -0.444 e. The van der Waals surface area contributed by atoms with Gasteiger partial charge >= 0.3 is 6.09 Å². The molecule has 0 saturated carbocycles. The Morgan fingerprint density at radius 1 is 1.06 bits per heavy atom. The van der Waals surface area contributed by atoms with Gasteiger partial charge < -0.3 is 15.4 Å². The quantitative estimate of drug-likeness (QED) is 0.656. The van der Waals surface area contributed by atoms with E-state index in [-0.39, 0.29) is 6.04 Å². The highest BCUT2D eigenvalue weighted by atomic mass is 16.6. The Hall–Kier alpha value is -3.72. The first-order chi connectivity index (χ1) is 15.2. The molecule has 1 saturated heterocycles. The summed E-state index contributed by atoms with van der Waals surface area (Å²) in [6, 6.07) is 19.4. The minimum absolute atomic E-state index is 0.0738. The Labute approximate surface area is 190 Å². The lowest BCUT2D eigenvalue weighted by Gasteiger charge is -2.26. The van der Waals surface area contributed by atoms with Crippen molar-refractivity contribution in [3.05, 3.63) is 78.9 Å². The fourth-order valence-corrected chi connectivity index (χ4v) is 3.56. The van der Waals surface area contributed by atoms with Crippen LogP contribution in [0, 0.1) is 11.3 Å². The van der Waals surface area contributed by atoms with Gasteiger partial charge in [0.1, 0.15) is 11.6 Å². The van der Waals surface area contributed by atoms with Crippen molar-refractivity contribution >= 4 is 23.2 Å². The summed E-state index contributed by atoms with van der Waals surface area (Å²) < 4.78 is 5.44. The van der Waals surface area contributed by atoms with Crippen molar-refractivity contribution < 1.29 is 9.53 Å². The maximum Gasteiger partial charge on any atom is 0.411 e. The standard InChI is InChI=1S/C26H30N4O2/c1-18(20-9-7-6-8-10-20)28-22-13-11-21(12-14-22)19(2)29-23-15-24(16-27)30(17-23)25(31)32-26(3,4)5/h6-14,23-24,28-29H,1-2,15,17H2,3-5H3. The highest BCUT2D eigenvalue weighted by Crippen LogP contribution is 2.24. The zero-order chi connectivity index (χ0) is 23.3. The maximum atomic E-state index is 12.4. The van der Waals surface area contributed by atoms with Crippen LogP contribution >= 0.6 is 0 Å². The Kier molecular flexibility index (Phi) is 6.89. The van der Waals surface area contributed by atoms with E-state index in [1.807, 2.05) is 75.4 Å². The number of nitrogens with zero attached hydrogens (tertiary/aromatic N) is 2. The van der Waals surface area contributed by atoms with Gasteiger partial charge in [-0.15, -0.1) is 0 Å². The number of amides is 1. The lowest BCUT2D eigenvalue weighted by atomic mass is 10.1. The number of hydrogen-bond donors (Lipinski definition) is 2. The Morgan fingerprint density at radius 3 is 2.28 bits per heavy atom. The summed E-state index contributed by atoms with van der Waals surface area (Å²) in [5, 5.41) is 16.1. The molecular weight excluding hydrogens is 400 g/mol. The SMILES string of the molecule is C=C(Nc1ccc(C(=C)NC2CC(C#N)N(C(=O)OC(C)(C)C)C2)cc1)c1ccccc1. The molecular formula is C26H30N4O2. The molecule has 0 bridgehead atoms. The average molecular weight is 431 g/mol. The second kappa shape index (κ2) is 9.61. The molecule has 1 aliphatic rings. The van der Waals surface area contributed by atoms with Crippen LogP contribution in [0.15, 0.2) is 67.8 Å². The van der Waals surface area contributed by atoms with E-state index in [2.05, 4.69) is 29.9 Å². The third-order valence-corrected chi connectivity index (χ3v) is 5.11. The molecule has 1 fully saturated rings. The molecule has 3 rings (SSSR count).